The minimum Gasteiger partial charge on any atom is -0.444 e. The van der Waals surface area contributed by atoms with Crippen molar-refractivity contribution in [1.82, 2.24) is 14.5 Å². The van der Waals surface area contributed by atoms with Gasteiger partial charge in [0.1, 0.15) is 11.2 Å². The molecule has 212 valence electrons. The molecule has 1 aliphatic heterocycles. The second-order valence-corrected chi connectivity index (χ2v) is 18.6. The molecule has 1 aliphatic carbocycles. The second kappa shape index (κ2) is 9.54. The van der Waals surface area contributed by atoms with Gasteiger partial charge in [0.2, 0.25) is 0 Å². The lowest BCUT2D eigenvalue weighted by Gasteiger charge is -2.58. The summed E-state index contributed by atoms with van der Waals surface area (Å²) in [7, 11) is -2.01. The number of carbonyl (C=O) groups is 1. The van der Waals surface area contributed by atoms with Crippen molar-refractivity contribution in [3.05, 3.63) is 29.6 Å². The number of hydrogen-bond donors (Lipinski definition) is 0. The van der Waals surface area contributed by atoms with Crippen molar-refractivity contribution < 1.29 is 27.1 Å². The van der Waals surface area contributed by atoms with Crippen LogP contribution in [0.3, 0.4) is 0 Å². The van der Waals surface area contributed by atoms with Crippen LogP contribution in [-0.4, -0.2) is 54.2 Å². The number of ether oxygens (including phenoxy) is 1. The van der Waals surface area contributed by atoms with Crippen LogP contribution >= 0.6 is 0 Å². The lowest BCUT2D eigenvalue weighted by atomic mass is 9.57. The van der Waals surface area contributed by atoms with Gasteiger partial charge in [-0.15, -0.1) is 0 Å². The molecule has 2 fully saturated rings. The van der Waals surface area contributed by atoms with Crippen LogP contribution in [-0.2, 0) is 28.3 Å². The fourth-order valence-corrected chi connectivity index (χ4v) is 6.45. The van der Waals surface area contributed by atoms with E-state index in [1.54, 1.807) is 21.6 Å². The molecule has 1 spiro atoms. The average molecular weight is 554 g/mol. The first-order chi connectivity index (χ1) is 17.3. The van der Waals surface area contributed by atoms with E-state index in [-0.39, 0.29) is 21.9 Å². The first-order valence-electron chi connectivity index (χ1n) is 13.5. The van der Waals surface area contributed by atoms with E-state index in [2.05, 4.69) is 33.9 Å². The third-order valence-electron chi connectivity index (χ3n) is 8.33. The van der Waals surface area contributed by atoms with E-state index in [1.807, 2.05) is 20.8 Å². The SMILES string of the molecule is CC(C)(C)OC(=O)N1CC2(CC(Cc3ccc4c(C(F)(F)F)cn(CCO[Si](C)(C)C(C)(C)C)c4n3)C2)C1. The Morgan fingerprint density at radius 3 is 2.29 bits per heavy atom. The van der Waals surface area contributed by atoms with Crippen LogP contribution in [0.2, 0.25) is 18.1 Å². The van der Waals surface area contributed by atoms with Gasteiger partial charge in [-0.1, -0.05) is 20.8 Å². The van der Waals surface area contributed by atoms with Crippen LogP contribution < -0.4 is 0 Å². The molecule has 4 rings (SSSR count). The van der Waals surface area contributed by atoms with Gasteiger partial charge in [-0.25, -0.2) is 9.78 Å². The molecule has 38 heavy (non-hydrogen) atoms. The predicted molar refractivity (Wildman–Crippen MR) is 145 cm³/mol. The number of rotatable bonds is 6. The van der Waals surface area contributed by atoms with Crippen molar-refractivity contribution in [3.63, 3.8) is 0 Å². The van der Waals surface area contributed by atoms with Crippen molar-refractivity contribution in [2.24, 2.45) is 11.3 Å². The number of pyridine rings is 1. The van der Waals surface area contributed by atoms with Gasteiger partial charge in [-0.2, -0.15) is 13.2 Å². The summed E-state index contributed by atoms with van der Waals surface area (Å²) < 4.78 is 54.6. The number of hydrogen-bond acceptors (Lipinski definition) is 4. The van der Waals surface area contributed by atoms with Gasteiger partial charge in [0.05, 0.1) is 12.2 Å². The summed E-state index contributed by atoms with van der Waals surface area (Å²) in [6.07, 6.45) is -0.844. The van der Waals surface area contributed by atoms with Crippen molar-refractivity contribution >= 4 is 25.4 Å². The van der Waals surface area contributed by atoms with Crippen LogP contribution in [0.4, 0.5) is 18.0 Å². The van der Waals surface area contributed by atoms with Crippen molar-refractivity contribution in [3.8, 4) is 0 Å². The van der Waals surface area contributed by atoms with E-state index in [1.165, 1.54) is 6.20 Å². The first-order valence-corrected chi connectivity index (χ1v) is 16.4. The highest BCUT2D eigenvalue weighted by molar-refractivity contribution is 6.74. The highest BCUT2D eigenvalue weighted by atomic mass is 28.4. The van der Waals surface area contributed by atoms with E-state index in [9.17, 15) is 18.0 Å². The summed E-state index contributed by atoms with van der Waals surface area (Å²) in [6.45, 7) is 18.4. The molecule has 2 aromatic rings. The molecule has 0 aromatic carbocycles. The maximum absolute atomic E-state index is 13.8. The highest BCUT2D eigenvalue weighted by Crippen LogP contribution is 2.53. The maximum atomic E-state index is 13.8. The largest absolute Gasteiger partial charge is 0.444 e. The molecule has 0 atom stereocenters. The molecule has 6 nitrogen and oxygen atoms in total. The number of carbonyl (C=O) groups excluding carboxylic acids is 1. The van der Waals surface area contributed by atoms with Gasteiger partial charge in [0, 0.05) is 42.3 Å². The normalized spacial score (nSPS) is 18.6. The summed E-state index contributed by atoms with van der Waals surface area (Å²) in [5, 5.41) is 0.157. The van der Waals surface area contributed by atoms with Crippen LogP contribution in [0.1, 0.15) is 65.6 Å². The molecule has 1 amide bonds. The van der Waals surface area contributed by atoms with Gasteiger partial charge >= 0.3 is 12.3 Å². The summed E-state index contributed by atoms with van der Waals surface area (Å²) >= 11 is 0. The molecular formula is C28H42F3N3O3Si. The Labute approximate surface area is 225 Å². The lowest BCUT2D eigenvalue weighted by Crippen LogP contribution is -2.64. The van der Waals surface area contributed by atoms with Crippen molar-refractivity contribution in [1.29, 1.82) is 0 Å². The topological polar surface area (TPSA) is 56.6 Å². The van der Waals surface area contributed by atoms with Gasteiger partial charge in [0.25, 0.3) is 0 Å². The maximum Gasteiger partial charge on any atom is 0.418 e. The summed E-state index contributed by atoms with van der Waals surface area (Å²) in [5.74, 6) is 0.410. The van der Waals surface area contributed by atoms with E-state index in [4.69, 9.17) is 14.1 Å². The third-order valence-corrected chi connectivity index (χ3v) is 12.9. The number of nitrogens with zero attached hydrogens (tertiary/aromatic N) is 3. The standard InChI is InChI=1S/C28H42F3N3O3Si/c1-25(2,3)37-24(35)34-17-27(18-34)14-19(15-27)13-20-9-10-21-22(28(29,30)31)16-33(23(21)32-20)11-12-36-38(7,8)26(4,5)6/h9-10,16,19H,11-15,17-18H2,1-8H3. The van der Waals surface area contributed by atoms with Crippen LogP contribution in [0.15, 0.2) is 18.3 Å². The zero-order valence-electron chi connectivity index (χ0n) is 24.0. The van der Waals surface area contributed by atoms with Crippen molar-refractivity contribution in [2.45, 2.75) is 97.3 Å². The molecule has 0 N–H and O–H groups in total. The summed E-state index contributed by atoms with van der Waals surface area (Å²) in [6, 6.07) is 3.29. The third kappa shape index (κ3) is 6.06. The number of fused-ring (bicyclic) bond motifs is 1. The van der Waals surface area contributed by atoms with E-state index in [0.29, 0.717) is 37.8 Å². The molecule has 0 unspecified atom stereocenters. The fraction of sp³-hybridized carbons (Fsp3) is 0.714. The Hall–Kier alpha value is -2.07. The number of aromatic nitrogens is 2. The van der Waals surface area contributed by atoms with E-state index in [0.717, 1.165) is 25.0 Å². The quantitative estimate of drug-likeness (QED) is 0.353. The predicted octanol–water partition coefficient (Wildman–Crippen LogP) is 7.27. The number of halogens is 3. The van der Waals surface area contributed by atoms with Crippen LogP contribution in [0.25, 0.3) is 11.0 Å². The molecule has 3 heterocycles. The minimum absolute atomic E-state index is 0.0266. The molecule has 10 heteroatoms. The number of alkyl halides is 3. The Bertz CT molecular complexity index is 1180. The highest BCUT2D eigenvalue weighted by Gasteiger charge is 2.54. The second-order valence-electron chi connectivity index (χ2n) is 13.8. The molecule has 0 radical (unpaired) electrons. The van der Waals surface area contributed by atoms with Crippen LogP contribution in [0, 0.1) is 11.3 Å². The number of likely N-dealkylation sites (tertiary alicyclic amines) is 1. The molecular weight excluding hydrogens is 511 g/mol. The molecule has 1 saturated carbocycles. The molecule has 2 aromatic heterocycles. The lowest BCUT2D eigenvalue weighted by molar-refractivity contribution is -0.136. The first kappa shape index (κ1) is 28.9. The average Bonchev–Trinajstić information content (AvgIpc) is 3.04. The zero-order chi connectivity index (χ0) is 28.3. The Morgan fingerprint density at radius 1 is 1.11 bits per heavy atom. The smallest absolute Gasteiger partial charge is 0.418 e. The zero-order valence-corrected chi connectivity index (χ0v) is 25.0. The minimum atomic E-state index is -4.45. The monoisotopic (exact) mass is 553 g/mol. The summed E-state index contributed by atoms with van der Waals surface area (Å²) in [5.41, 5.74) is 0.156. The van der Waals surface area contributed by atoms with Crippen LogP contribution in [0.5, 0.6) is 0 Å². The Balaban J connectivity index is 1.41. The molecule has 0 bridgehead atoms. The number of amides is 1. The van der Waals surface area contributed by atoms with E-state index >= 15 is 0 Å². The molecule has 2 aliphatic rings. The Morgan fingerprint density at radius 2 is 1.74 bits per heavy atom. The Kier molecular flexibility index (Phi) is 7.26. The summed E-state index contributed by atoms with van der Waals surface area (Å²) in [4.78, 5) is 18.7. The van der Waals surface area contributed by atoms with Gasteiger partial charge in [0.15, 0.2) is 8.32 Å². The van der Waals surface area contributed by atoms with Gasteiger partial charge in [-0.05, 0) is 76.2 Å². The fourth-order valence-electron chi connectivity index (χ4n) is 5.41. The van der Waals surface area contributed by atoms with E-state index < -0.39 is 25.7 Å². The molecule has 1 saturated heterocycles. The van der Waals surface area contributed by atoms with Gasteiger partial charge in [-0.3, -0.25) is 0 Å². The van der Waals surface area contributed by atoms with Gasteiger partial charge < -0.3 is 18.6 Å². The van der Waals surface area contributed by atoms with Crippen molar-refractivity contribution in [2.75, 3.05) is 19.7 Å².